The predicted octanol–water partition coefficient (Wildman–Crippen LogP) is 3.90. The van der Waals surface area contributed by atoms with Crippen LogP contribution >= 0.6 is 22.6 Å². The smallest absolute Gasteiger partial charge is 0.139 e. The minimum absolute atomic E-state index is 0.266. The van der Waals surface area contributed by atoms with Crippen molar-refractivity contribution in [2.45, 2.75) is 0 Å². The second kappa shape index (κ2) is 3.13. The van der Waals surface area contributed by atoms with E-state index in [0.717, 1.165) is 25.5 Å². The molecule has 0 bridgehead atoms. The van der Waals surface area contributed by atoms with Gasteiger partial charge in [0.15, 0.2) is 0 Å². The first-order valence-electron chi connectivity index (χ1n) is 4.55. The lowest BCUT2D eigenvalue weighted by atomic mass is 10.1. The molecule has 1 heterocycles. The molecular formula is C12H7IO2. The van der Waals surface area contributed by atoms with Crippen molar-refractivity contribution in [1.82, 2.24) is 0 Å². The maximum atomic E-state index is 9.57. The van der Waals surface area contributed by atoms with Crippen LogP contribution in [0.4, 0.5) is 0 Å². The fourth-order valence-electron chi connectivity index (χ4n) is 1.73. The van der Waals surface area contributed by atoms with Crippen LogP contribution in [0.5, 0.6) is 5.75 Å². The van der Waals surface area contributed by atoms with Gasteiger partial charge >= 0.3 is 0 Å². The van der Waals surface area contributed by atoms with E-state index in [2.05, 4.69) is 22.6 Å². The summed E-state index contributed by atoms with van der Waals surface area (Å²) in [6.45, 7) is 0. The van der Waals surface area contributed by atoms with Crippen LogP contribution < -0.4 is 0 Å². The largest absolute Gasteiger partial charge is 0.507 e. The zero-order chi connectivity index (χ0) is 10.4. The Bertz CT molecular complexity index is 655. The molecule has 0 atom stereocenters. The Balaban J connectivity index is 2.56. The molecule has 0 saturated heterocycles. The molecule has 2 nitrogen and oxygen atoms in total. The summed E-state index contributed by atoms with van der Waals surface area (Å²) in [7, 11) is 0. The second-order valence-electron chi connectivity index (χ2n) is 3.40. The molecule has 0 fully saturated rings. The van der Waals surface area contributed by atoms with E-state index in [1.54, 1.807) is 6.07 Å². The van der Waals surface area contributed by atoms with E-state index in [9.17, 15) is 5.11 Å². The Kier molecular flexibility index (Phi) is 1.88. The van der Waals surface area contributed by atoms with Crippen molar-refractivity contribution in [3.05, 3.63) is 40.0 Å². The van der Waals surface area contributed by atoms with E-state index in [0.29, 0.717) is 0 Å². The van der Waals surface area contributed by atoms with E-state index in [1.807, 2.05) is 30.3 Å². The first-order chi connectivity index (χ1) is 7.25. The molecule has 0 aliphatic carbocycles. The van der Waals surface area contributed by atoms with Crippen LogP contribution in [0, 0.1) is 3.57 Å². The summed E-state index contributed by atoms with van der Waals surface area (Å²) in [5.41, 5.74) is 1.59. The maximum absolute atomic E-state index is 9.57. The Morgan fingerprint density at radius 1 is 1.00 bits per heavy atom. The Morgan fingerprint density at radius 2 is 1.80 bits per heavy atom. The van der Waals surface area contributed by atoms with Crippen molar-refractivity contribution in [1.29, 1.82) is 0 Å². The van der Waals surface area contributed by atoms with Crippen molar-refractivity contribution in [2.24, 2.45) is 0 Å². The van der Waals surface area contributed by atoms with Crippen LogP contribution in [-0.4, -0.2) is 5.11 Å². The quantitative estimate of drug-likeness (QED) is 0.639. The lowest BCUT2D eigenvalue weighted by Gasteiger charge is -1.95. The fraction of sp³-hybridized carbons (Fsp3) is 0. The number of furan rings is 1. The van der Waals surface area contributed by atoms with E-state index >= 15 is 0 Å². The van der Waals surface area contributed by atoms with E-state index in [1.165, 1.54) is 0 Å². The molecule has 3 heteroatoms. The van der Waals surface area contributed by atoms with Crippen molar-refractivity contribution in [2.75, 3.05) is 0 Å². The normalized spacial score (nSPS) is 11.3. The highest BCUT2D eigenvalue weighted by molar-refractivity contribution is 14.1. The van der Waals surface area contributed by atoms with Crippen LogP contribution in [0.15, 0.2) is 40.8 Å². The minimum Gasteiger partial charge on any atom is -0.507 e. The molecule has 3 aromatic rings. The van der Waals surface area contributed by atoms with Gasteiger partial charge < -0.3 is 9.52 Å². The third kappa shape index (κ3) is 1.30. The molecule has 0 unspecified atom stereocenters. The summed E-state index contributed by atoms with van der Waals surface area (Å²) in [6.07, 6.45) is 0. The van der Waals surface area contributed by atoms with Crippen LogP contribution in [0.2, 0.25) is 0 Å². The molecule has 0 saturated carbocycles. The van der Waals surface area contributed by atoms with Crippen molar-refractivity contribution < 1.29 is 9.52 Å². The number of benzene rings is 2. The SMILES string of the molecule is Oc1cc2oc3ccccc3c2cc1I. The molecular weight excluding hydrogens is 303 g/mol. The third-order valence-electron chi connectivity index (χ3n) is 2.45. The van der Waals surface area contributed by atoms with Crippen molar-refractivity contribution in [3.63, 3.8) is 0 Å². The topological polar surface area (TPSA) is 33.4 Å². The summed E-state index contributed by atoms with van der Waals surface area (Å²) >= 11 is 2.11. The lowest BCUT2D eigenvalue weighted by Crippen LogP contribution is -1.73. The first kappa shape index (κ1) is 9.03. The van der Waals surface area contributed by atoms with Gasteiger partial charge in [0.2, 0.25) is 0 Å². The average Bonchev–Trinajstić information content (AvgIpc) is 2.57. The van der Waals surface area contributed by atoms with Gasteiger partial charge in [0, 0.05) is 16.8 Å². The Hall–Kier alpha value is -1.23. The Labute approximate surface area is 99.6 Å². The molecule has 0 spiro atoms. The number of phenols is 1. The van der Waals surface area contributed by atoms with Crippen LogP contribution in [0.3, 0.4) is 0 Å². The molecule has 3 rings (SSSR count). The summed E-state index contributed by atoms with van der Waals surface area (Å²) in [6, 6.07) is 11.5. The van der Waals surface area contributed by atoms with Crippen molar-refractivity contribution >= 4 is 44.5 Å². The second-order valence-corrected chi connectivity index (χ2v) is 4.56. The fourth-order valence-corrected chi connectivity index (χ4v) is 2.20. The van der Waals surface area contributed by atoms with Gasteiger partial charge in [0.05, 0.1) is 3.57 Å². The number of fused-ring (bicyclic) bond motifs is 3. The molecule has 0 aliphatic heterocycles. The highest BCUT2D eigenvalue weighted by Gasteiger charge is 2.08. The molecule has 2 aromatic carbocycles. The number of halogens is 1. The molecule has 1 aromatic heterocycles. The molecule has 74 valence electrons. The van der Waals surface area contributed by atoms with Crippen LogP contribution in [0.25, 0.3) is 21.9 Å². The monoisotopic (exact) mass is 310 g/mol. The molecule has 1 N–H and O–H groups in total. The van der Waals surface area contributed by atoms with Gasteiger partial charge in [-0.25, -0.2) is 0 Å². The van der Waals surface area contributed by atoms with Gasteiger partial charge in [-0.3, -0.25) is 0 Å². The molecule has 0 radical (unpaired) electrons. The Morgan fingerprint density at radius 3 is 2.67 bits per heavy atom. The summed E-state index contributed by atoms with van der Waals surface area (Å²) in [5, 5.41) is 11.7. The predicted molar refractivity (Wildman–Crippen MR) is 68.1 cm³/mol. The number of hydrogen-bond donors (Lipinski definition) is 1. The summed E-state index contributed by atoms with van der Waals surface area (Å²) in [5.74, 6) is 0.266. The first-order valence-corrected chi connectivity index (χ1v) is 5.63. The van der Waals surface area contributed by atoms with Crippen LogP contribution in [0.1, 0.15) is 0 Å². The average molecular weight is 310 g/mol. The van der Waals surface area contributed by atoms with Gasteiger partial charge in [-0.05, 0) is 34.7 Å². The van der Waals surface area contributed by atoms with E-state index < -0.39 is 0 Å². The van der Waals surface area contributed by atoms with Gasteiger partial charge in [-0.15, -0.1) is 0 Å². The standard InChI is InChI=1S/C12H7IO2/c13-9-5-8-7-3-1-2-4-11(7)15-12(8)6-10(9)14/h1-6,14H. The number of hydrogen-bond acceptors (Lipinski definition) is 2. The highest BCUT2D eigenvalue weighted by Crippen LogP contribution is 2.33. The van der Waals surface area contributed by atoms with E-state index in [-0.39, 0.29) is 5.75 Å². The summed E-state index contributed by atoms with van der Waals surface area (Å²) in [4.78, 5) is 0. The molecule has 15 heavy (non-hydrogen) atoms. The van der Waals surface area contributed by atoms with Crippen LogP contribution in [-0.2, 0) is 0 Å². The lowest BCUT2D eigenvalue weighted by molar-refractivity contribution is 0.471. The molecule has 0 amide bonds. The van der Waals surface area contributed by atoms with Gasteiger partial charge in [0.25, 0.3) is 0 Å². The van der Waals surface area contributed by atoms with Crippen molar-refractivity contribution in [3.8, 4) is 5.75 Å². The number of phenolic OH excluding ortho intramolecular Hbond substituents is 1. The number of para-hydroxylation sites is 1. The number of rotatable bonds is 0. The molecule has 0 aliphatic rings. The summed E-state index contributed by atoms with van der Waals surface area (Å²) < 4.78 is 6.46. The van der Waals surface area contributed by atoms with E-state index in [4.69, 9.17) is 4.42 Å². The third-order valence-corrected chi connectivity index (χ3v) is 3.31. The maximum Gasteiger partial charge on any atom is 0.139 e. The zero-order valence-electron chi connectivity index (χ0n) is 7.70. The van der Waals surface area contributed by atoms with Gasteiger partial charge in [-0.1, -0.05) is 18.2 Å². The zero-order valence-corrected chi connectivity index (χ0v) is 9.86. The number of aromatic hydroxyl groups is 1. The van der Waals surface area contributed by atoms with Gasteiger partial charge in [0.1, 0.15) is 16.9 Å². The van der Waals surface area contributed by atoms with Gasteiger partial charge in [-0.2, -0.15) is 0 Å². The highest BCUT2D eigenvalue weighted by atomic mass is 127. The minimum atomic E-state index is 0.266.